The van der Waals surface area contributed by atoms with Gasteiger partial charge in [-0.15, -0.1) is 0 Å². The molecule has 0 bridgehead atoms. The van der Waals surface area contributed by atoms with Gasteiger partial charge >= 0.3 is 0 Å². The van der Waals surface area contributed by atoms with Gasteiger partial charge in [0.2, 0.25) is 0 Å². The van der Waals surface area contributed by atoms with Crippen molar-refractivity contribution < 1.29 is 9.15 Å². The lowest BCUT2D eigenvalue weighted by Gasteiger charge is -2.40. The standard InChI is InChI=1S/C18H31NO2/c1-14(2)17(15-8-11-21-18(3,4)12-15)7-9-19-13-16-6-5-10-20-16/h5-6,10,14-15,17,19H,7-9,11-13H2,1-4H3/t15-,17-/m0/s1. The second-order valence-corrected chi connectivity index (χ2v) is 7.31. The summed E-state index contributed by atoms with van der Waals surface area (Å²) in [5, 5.41) is 3.51. The second kappa shape index (κ2) is 7.46. The van der Waals surface area contributed by atoms with E-state index < -0.39 is 0 Å². The molecule has 2 heterocycles. The van der Waals surface area contributed by atoms with Gasteiger partial charge in [0.1, 0.15) is 5.76 Å². The van der Waals surface area contributed by atoms with Crippen molar-refractivity contribution in [3.05, 3.63) is 24.2 Å². The molecule has 3 heteroatoms. The number of hydrogen-bond acceptors (Lipinski definition) is 3. The first-order chi connectivity index (χ1) is 9.98. The van der Waals surface area contributed by atoms with Crippen LogP contribution in [0.3, 0.4) is 0 Å². The van der Waals surface area contributed by atoms with E-state index in [4.69, 9.17) is 9.15 Å². The summed E-state index contributed by atoms with van der Waals surface area (Å²) in [5.74, 6) is 3.31. The Hall–Kier alpha value is -0.800. The molecule has 0 amide bonds. The van der Waals surface area contributed by atoms with Crippen LogP contribution in [0.25, 0.3) is 0 Å². The molecule has 1 aliphatic heterocycles. The highest BCUT2D eigenvalue weighted by molar-refractivity contribution is 4.97. The van der Waals surface area contributed by atoms with Gasteiger partial charge in [-0.3, -0.25) is 0 Å². The van der Waals surface area contributed by atoms with E-state index in [9.17, 15) is 0 Å². The number of furan rings is 1. The van der Waals surface area contributed by atoms with Crippen molar-refractivity contribution >= 4 is 0 Å². The maximum Gasteiger partial charge on any atom is 0.117 e. The SMILES string of the molecule is CC(C)[C@H](CCNCc1ccco1)[C@H]1CCOC(C)(C)C1. The number of nitrogens with one attached hydrogen (secondary N) is 1. The Morgan fingerprint density at radius 1 is 1.38 bits per heavy atom. The van der Waals surface area contributed by atoms with Gasteiger partial charge in [-0.25, -0.2) is 0 Å². The predicted octanol–water partition coefficient (Wildman–Crippen LogP) is 4.24. The van der Waals surface area contributed by atoms with Gasteiger partial charge in [0.25, 0.3) is 0 Å². The first-order valence-corrected chi connectivity index (χ1v) is 8.35. The van der Waals surface area contributed by atoms with Gasteiger partial charge in [-0.1, -0.05) is 13.8 Å². The third-order valence-electron chi connectivity index (χ3n) is 4.73. The molecule has 0 radical (unpaired) electrons. The summed E-state index contributed by atoms with van der Waals surface area (Å²) >= 11 is 0. The molecule has 1 N–H and O–H groups in total. The van der Waals surface area contributed by atoms with Crippen molar-refractivity contribution in [2.75, 3.05) is 13.2 Å². The van der Waals surface area contributed by atoms with E-state index in [2.05, 4.69) is 33.0 Å². The van der Waals surface area contributed by atoms with E-state index in [0.717, 1.165) is 43.2 Å². The number of hydrogen-bond donors (Lipinski definition) is 1. The van der Waals surface area contributed by atoms with Gasteiger partial charge in [0.05, 0.1) is 18.4 Å². The minimum Gasteiger partial charge on any atom is -0.468 e. The Balaban J connectivity index is 1.78. The Morgan fingerprint density at radius 2 is 2.19 bits per heavy atom. The van der Waals surface area contributed by atoms with Crippen molar-refractivity contribution in [2.24, 2.45) is 17.8 Å². The minimum atomic E-state index is 0.0532. The summed E-state index contributed by atoms with van der Waals surface area (Å²) < 4.78 is 11.2. The molecule has 2 atom stereocenters. The summed E-state index contributed by atoms with van der Waals surface area (Å²) in [5.41, 5.74) is 0.0532. The highest BCUT2D eigenvalue weighted by Gasteiger charge is 2.34. The first kappa shape index (κ1) is 16.6. The smallest absolute Gasteiger partial charge is 0.117 e. The molecule has 21 heavy (non-hydrogen) atoms. The van der Waals surface area contributed by atoms with E-state index >= 15 is 0 Å². The molecule has 1 aromatic heterocycles. The monoisotopic (exact) mass is 293 g/mol. The second-order valence-electron chi connectivity index (χ2n) is 7.31. The predicted molar refractivity (Wildman–Crippen MR) is 86.1 cm³/mol. The molecule has 120 valence electrons. The van der Waals surface area contributed by atoms with Crippen LogP contribution in [0.5, 0.6) is 0 Å². The molecule has 0 aliphatic carbocycles. The lowest BCUT2D eigenvalue weighted by molar-refractivity contribution is -0.0867. The molecular formula is C18H31NO2. The maximum atomic E-state index is 5.87. The Kier molecular flexibility index (Phi) is 5.88. The normalized spacial score (nSPS) is 23.4. The van der Waals surface area contributed by atoms with E-state index in [1.165, 1.54) is 19.3 Å². The third kappa shape index (κ3) is 5.15. The fourth-order valence-corrected chi connectivity index (χ4v) is 3.65. The summed E-state index contributed by atoms with van der Waals surface area (Å²) in [6.07, 6.45) is 5.37. The lowest BCUT2D eigenvalue weighted by Crippen LogP contribution is -2.38. The zero-order valence-corrected chi connectivity index (χ0v) is 14.0. The van der Waals surface area contributed by atoms with Crippen LogP contribution in [0.4, 0.5) is 0 Å². The van der Waals surface area contributed by atoms with Crippen molar-refractivity contribution in [3.8, 4) is 0 Å². The average molecular weight is 293 g/mol. The number of rotatable bonds is 7. The quantitative estimate of drug-likeness (QED) is 0.764. The van der Waals surface area contributed by atoms with Crippen molar-refractivity contribution in [1.29, 1.82) is 0 Å². The summed E-state index contributed by atoms with van der Waals surface area (Å²) in [6.45, 7) is 12.0. The van der Waals surface area contributed by atoms with Crippen LogP contribution in [0.1, 0.15) is 52.7 Å². The molecule has 0 unspecified atom stereocenters. The Morgan fingerprint density at radius 3 is 2.81 bits per heavy atom. The highest BCUT2D eigenvalue weighted by Crippen LogP contribution is 2.37. The molecule has 1 aliphatic rings. The van der Waals surface area contributed by atoms with Gasteiger partial charge < -0.3 is 14.5 Å². The fourth-order valence-electron chi connectivity index (χ4n) is 3.65. The molecule has 2 rings (SSSR count). The highest BCUT2D eigenvalue weighted by atomic mass is 16.5. The van der Waals surface area contributed by atoms with Crippen LogP contribution in [0.15, 0.2) is 22.8 Å². The van der Waals surface area contributed by atoms with Crippen LogP contribution in [-0.4, -0.2) is 18.8 Å². The molecule has 1 aromatic rings. The van der Waals surface area contributed by atoms with Gasteiger partial charge in [-0.2, -0.15) is 0 Å². The van der Waals surface area contributed by atoms with E-state index in [-0.39, 0.29) is 5.60 Å². The molecule has 0 spiro atoms. The molecular weight excluding hydrogens is 262 g/mol. The third-order valence-corrected chi connectivity index (χ3v) is 4.73. The zero-order valence-electron chi connectivity index (χ0n) is 14.0. The maximum absolute atomic E-state index is 5.87. The van der Waals surface area contributed by atoms with Gasteiger partial charge in [0.15, 0.2) is 0 Å². The zero-order chi connectivity index (χ0) is 15.3. The van der Waals surface area contributed by atoms with Crippen LogP contribution >= 0.6 is 0 Å². The van der Waals surface area contributed by atoms with Crippen LogP contribution in [0, 0.1) is 17.8 Å². The summed E-state index contributed by atoms with van der Waals surface area (Å²) in [6, 6.07) is 3.96. The summed E-state index contributed by atoms with van der Waals surface area (Å²) in [4.78, 5) is 0. The van der Waals surface area contributed by atoms with Crippen molar-refractivity contribution in [2.45, 2.75) is 59.1 Å². The van der Waals surface area contributed by atoms with Crippen LogP contribution in [0.2, 0.25) is 0 Å². The topological polar surface area (TPSA) is 34.4 Å². The first-order valence-electron chi connectivity index (χ1n) is 8.35. The molecule has 3 nitrogen and oxygen atoms in total. The Bertz CT molecular complexity index is 397. The minimum absolute atomic E-state index is 0.0532. The van der Waals surface area contributed by atoms with E-state index in [1.54, 1.807) is 6.26 Å². The van der Waals surface area contributed by atoms with Crippen LogP contribution < -0.4 is 5.32 Å². The van der Waals surface area contributed by atoms with Crippen LogP contribution in [-0.2, 0) is 11.3 Å². The average Bonchev–Trinajstić information content (AvgIpc) is 2.90. The molecule has 0 aromatic carbocycles. The lowest BCUT2D eigenvalue weighted by atomic mass is 9.73. The largest absolute Gasteiger partial charge is 0.468 e. The summed E-state index contributed by atoms with van der Waals surface area (Å²) in [7, 11) is 0. The fraction of sp³-hybridized carbons (Fsp3) is 0.778. The van der Waals surface area contributed by atoms with Crippen molar-refractivity contribution in [1.82, 2.24) is 5.32 Å². The molecule has 1 fully saturated rings. The molecule has 0 saturated carbocycles. The van der Waals surface area contributed by atoms with Crippen molar-refractivity contribution in [3.63, 3.8) is 0 Å². The molecule has 1 saturated heterocycles. The van der Waals surface area contributed by atoms with E-state index in [0.29, 0.717) is 0 Å². The number of ether oxygens (including phenoxy) is 1. The van der Waals surface area contributed by atoms with Gasteiger partial charge in [-0.05, 0) is 69.5 Å². The van der Waals surface area contributed by atoms with E-state index in [1.807, 2.05) is 12.1 Å². The van der Waals surface area contributed by atoms with Gasteiger partial charge in [0, 0.05) is 6.61 Å². The Labute approximate surface area is 129 Å².